The number of quaternary nitrogens is 1. The van der Waals surface area contributed by atoms with Gasteiger partial charge in [0.15, 0.2) is 11.6 Å². The highest BCUT2D eigenvalue weighted by atomic mass is 35.5. The minimum Gasteiger partial charge on any atom is -1.00 e. The third kappa shape index (κ3) is 14.6. The highest BCUT2D eigenvalue weighted by Crippen LogP contribution is 2.46. The number of hydrogen-bond donors (Lipinski definition) is 2. The first-order valence-corrected chi connectivity index (χ1v) is 25.6. The number of fused-ring (bicyclic) bond motifs is 1. The van der Waals surface area contributed by atoms with Crippen LogP contribution in [0.25, 0.3) is 22.3 Å². The van der Waals surface area contributed by atoms with E-state index in [1.807, 2.05) is 27.7 Å². The number of aromatic nitrogens is 4. The van der Waals surface area contributed by atoms with Crippen LogP contribution in [-0.4, -0.2) is 59.2 Å². The van der Waals surface area contributed by atoms with Crippen LogP contribution in [0.3, 0.4) is 0 Å². The molecule has 1 aliphatic heterocycles. The molecule has 1 aliphatic rings. The van der Waals surface area contributed by atoms with Crippen molar-refractivity contribution < 1.29 is 36.7 Å². The minimum atomic E-state index is -0.472. The second kappa shape index (κ2) is 27.5. The molecule has 2 aromatic heterocycles. The highest BCUT2D eigenvalue weighted by molar-refractivity contribution is 5.84. The van der Waals surface area contributed by atoms with E-state index in [0.717, 1.165) is 46.0 Å². The molecule has 3 N–H and O–H groups in total. The molecule has 0 saturated carbocycles. The summed E-state index contributed by atoms with van der Waals surface area (Å²) < 4.78 is 21.6. The van der Waals surface area contributed by atoms with Gasteiger partial charge in [-0.1, -0.05) is 60.7 Å². The van der Waals surface area contributed by atoms with Crippen molar-refractivity contribution in [3.05, 3.63) is 191 Å². The van der Waals surface area contributed by atoms with Crippen molar-refractivity contribution in [2.45, 2.75) is 95.9 Å². The van der Waals surface area contributed by atoms with Gasteiger partial charge in [0.25, 0.3) is 12.3 Å². The Bertz CT molecular complexity index is 3000. The van der Waals surface area contributed by atoms with E-state index < -0.39 is 6.48 Å². The molecular formula is C62H73ClN8O4. The fraction of sp³-hybridized carbons (Fsp3) is 0.290. The molecule has 0 bridgehead atoms. The van der Waals surface area contributed by atoms with E-state index in [9.17, 15) is 0 Å². The molecule has 6 aromatic carbocycles. The first kappa shape index (κ1) is 57.3. The van der Waals surface area contributed by atoms with Crippen LogP contribution in [0.5, 0.6) is 0 Å². The zero-order valence-electron chi connectivity index (χ0n) is 45.6. The summed E-state index contributed by atoms with van der Waals surface area (Å²) in [4.78, 5) is 22.8. The largest absolute Gasteiger partial charge is 1.00 e. The Labute approximate surface area is 451 Å². The van der Waals surface area contributed by atoms with E-state index in [1.54, 1.807) is 24.8 Å². The summed E-state index contributed by atoms with van der Waals surface area (Å²) in [6, 6.07) is 43.1. The lowest BCUT2D eigenvalue weighted by molar-refractivity contribution is -0.482. The lowest BCUT2D eigenvalue weighted by Gasteiger charge is -2.32. The lowest BCUT2D eigenvalue weighted by Crippen LogP contribution is -3.00. The molecule has 0 fully saturated rings. The van der Waals surface area contributed by atoms with Crippen LogP contribution >= 0.6 is 0 Å². The molecule has 12 nitrogen and oxygen atoms in total. The minimum absolute atomic E-state index is 0. The monoisotopic (exact) mass is 1030 g/mol. The van der Waals surface area contributed by atoms with Gasteiger partial charge in [0.1, 0.15) is 5.69 Å². The van der Waals surface area contributed by atoms with E-state index in [2.05, 4.69) is 207 Å². The average molecular weight is 1030 g/mol. The van der Waals surface area contributed by atoms with E-state index in [0.29, 0.717) is 26.4 Å². The second-order valence-corrected chi connectivity index (χ2v) is 18.4. The van der Waals surface area contributed by atoms with E-state index >= 15 is 0 Å². The summed E-state index contributed by atoms with van der Waals surface area (Å²) >= 11 is 0. The number of anilines is 6. The number of aryl methyl sites for hydroxylation is 8. The highest BCUT2D eigenvalue weighted by Gasteiger charge is 2.41. The number of rotatable bonds is 16. The van der Waals surface area contributed by atoms with Crippen LogP contribution in [0.15, 0.2) is 146 Å². The normalized spacial score (nSPS) is 12.6. The molecule has 392 valence electrons. The predicted octanol–water partition coefficient (Wildman–Crippen LogP) is 11.0. The third-order valence-corrected chi connectivity index (χ3v) is 12.4. The molecule has 0 aliphatic carbocycles. The maximum Gasteiger partial charge on any atom is 0.273 e. The van der Waals surface area contributed by atoms with Crippen molar-refractivity contribution in [3.8, 4) is 22.3 Å². The van der Waals surface area contributed by atoms with Gasteiger partial charge in [-0.25, -0.2) is 15.0 Å². The predicted molar refractivity (Wildman–Crippen MR) is 301 cm³/mol. The molecule has 0 amide bonds. The van der Waals surface area contributed by atoms with E-state index in [-0.39, 0.29) is 18.8 Å². The molecular weight excluding hydrogens is 956 g/mol. The SMILES string of the molecule is CCOC(OCC)OCC.CCOC1N(c2ccc(-c3c(C)cccc3C)cc2)c2nccnc2N1c1cc(C)cc(C)c1.Cc1cc(C)cc(Nc2nccnc2[NH2+]c2ccc(-c3c(C)cccc3C)cc2)c1.[Cl-]. The summed E-state index contributed by atoms with van der Waals surface area (Å²) in [6.07, 6.45) is 6.54. The molecule has 0 radical (unpaired) electrons. The van der Waals surface area contributed by atoms with Gasteiger partial charge in [-0.2, -0.15) is 4.98 Å². The first-order chi connectivity index (χ1) is 35.8. The van der Waals surface area contributed by atoms with Crippen molar-refractivity contribution in [2.24, 2.45) is 0 Å². The van der Waals surface area contributed by atoms with Gasteiger partial charge < -0.3 is 36.7 Å². The number of benzene rings is 6. The van der Waals surface area contributed by atoms with Gasteiger partial charge in [-0.15, -0.1) is 0 Å². The maximum absolute atomic E-state index is 6.32. The summed E-state index contributed by atoms with van der Waals surface area (Å²) in [5.74, 6) is 3.16. The summed E-state index contributed by atoms with van der Waals surface area (Å²) in [6.45, 7) is 26.8. The van der Waals surface area contributed by atoms with Crippen molar-refractivity contribution in [2.75, 3.05) is 41.5 Å². The van der Waals surface area contributed by atoms with Crippen LogP contribution in [0, 0.1) is 55.4 Å². The van der Waals surface area contributed by atoms with Crippen molar-refractivity contribution in [1.82, 2.24) is 19.9 Å². The molecule has 8 aromatic rings. The number of hydrogen-bond acceptors (Lipinski definition) is 11. The van der Waals surface area contributed by atoms with Crippen molar-refractivity contribution in [3.63, 3.8) is 0 Å². The lowest BCUT2D eigenvalue weighted by atomic mass is 9.96. The molecule has 9 rings (SSSR count). The van der Waals surface area contributed by atoms with Crippen LogP contribution in [-0.2, 0) is 18.9 Å². The van der Waals surface area contributed by atoms with Gasteiger partial charge in [-0.05, 0) is 198 Å². The Morgan fingerprint density at radius 2 is 0.920 bits per heavy atom. The molecule has 1 unspecified atom stereocenters. The van der Waals surface area contributed by atoms with Gasteiger partial charge in [0.05, 0.1) is 6.20 Å². The van der Waals surface area contributed by atoms with Crippen molar-refractivity contribution in [1.29, 1.82) is 0 Å². The van der Waals surface area contributed by atoms with Gasteiger partial charge in [-0.3, -0.25) is 15.1 Å². The Balaban J connectivity index is 0.000000206. The molecule has 0 saturated heterocycles. The van der Waals surface area contributed by atoms with Crippen molar-refractivity contribution >= 4 is 46.0 Å². The van der Waals surface area contributed by atoms with Gasteiger partial charge >= 0.3 is 0 Å². The fourth-order valence-corrected chi connectivity index (χ4v) is 9.39. The Morgan fingerprint density at radius 3 is 1.39 bits per heavy atom. The third-order valence-electron chi connectivity index (χ3n) is 12.4. The van der Waals surface area contributed by atoms with Crippen LogP contribution < -0.4 is 32.8 Å². The fourth-order valence-electron chi connectivity index (χ4n) is 9.39. The zero-order chi connectivity index (χ0) is 52.7. The summed E-state index contributed by atoms with van der Waals surface area (Å²) in [5, 5.41) is 5.48. The second-order valence-electron chi connectivity index (χ2n) is 18.4. The molecule has 75 heavy (non-hydrogen) atoms. The maximum atomic E-state index is 6.32. The van der Waals surface area contributed by atoms with E-state index in [4.69, 9.17) is 28.9 Å². The Hall–Kier alpha value is -7.03. The number of halogens is 1. The topological polar surface area (TPSA) is 124 Å². The number of nitrogens with zero attached hydrogens (tertiary/aromatic N) is 6. The zero-order valence-corrected chi connectivity index (χ0v) is 46.4. The number of nitrogens with one attached hydrogen (secondary N) is 1. The first-order valence-electron chi connectivity index (χ1n) is 25.6. The Morgan fingerprint density at radius 1 is 0.493 bits per heavy atom. The van der Waals surface area contributed by atoms with Crippen LogP contribution in [0.2, 0.25) is 0 Å². The molecule has 1 atom stereocenters. The van der Waals surface area contributed by atoms with Crippen LogP contribution in [0.1, 0.15) is 72.2 Å². The molecule has 13 heteroatoms. The smallest absolute Gasteiger partial charge is 0.273 e. The number of ether oxygens (including phenoxy) is 4. The number of nitrogens with two attached hydrogens (primary N) is 1. The molecule has 3 heterocycles. The summed E-state index contributed by atoms with van der Waals surface area (Å²) in [5.41, 5.74) is 19.2. The standard InChI is InChI=1S/C29H30N4O.C26H26N4.C7H16O3.ClH/c1-6-34-29-32(24-12-10-23(11-13-24)26-21(4)8-7-9-22(26)5)27-28(31-15-14-30-27)33(29)25-17-19(2)16-20(3)18-25;1-17-14-18(2)16-23(15-17)30-26-25(27-12-13-28-26)29-22-10-8-21(9-11-22)24-19(3)6-5-7-20(24)4;1-4-8-7(9-5-2)10-6-3;/h7-18,29H,6H2,1-5H3;5-16H,1-4H3,(H,27,29)(H,28,30);7H,4-6H2,1-3H3;1H. The quantitative estimate of drug-likeness (QED) is 0.0710. The average Bonchev–Trinajstić information content (AvgIpc) is 3.69. The summed E-state index contributed by atoms with van der Waals surface area (Å²) in [7, 11) is 0. The van der Waals surface area contributed by atoms with E-state index in [1.165, 1.54) is 66.8 Å². The van der Waals surface area contributed by atoms with Gasteiger partial charge in [0.2, 0.25) is 12.2 Å². The van der Waals surface area contributed by atoms with Crippen LogP contribution in [0.4, 0.5) is 46.0 Å². The Kier molecular flexibility index (Phi) is 21.0. The van der Waals surface area contributed by atoms with Gasteiger partial charge in [0, 0.05) is 74.2 Å². The molecule has 0 spiro atoms.